The summed E-state index contributed by atoms with van der Waals surface area (Å²) in [6.45, 7) is 7.83. The first kappa shape index (κ1) is 21.6. The lowest BCUT2D eigenvalue weighted by atomic mass is 10.0. The fourth-order valence-corrected chi connectivity index (χ4v) is 4.18. The summed E-state index contributed by atoms with van der Waals surface area (Å²) in [6, 6.07) is 15.1. The predicted octanol–water partition coefficient (Wildman–Crippen LogP) is 4.21. The van der Waals surface area contributed by atoms with E-state index in [9.17, 15) is 8.42 Å². The predicted molar refractivity (Wildman–Crippen MR) is 121 cm³/mol. The van der Waals surface area contributed by atoms with Gasteiger partial charge in [-0.25, -0.2) is 4.72 Å². The average Bonchev–Trinajstić information content (AvgIpc) is 2.98. The first-order valence-electron chi connectivity index (χ1n) is 10.0. The van der Waals surface area contributed by atoms with E-state index in [0.29, 0.717) is 18.9 Å². The van der Waals surface area contributed by atoms with Gasteiger partial charge in [-0.1, -0.05) is 55.8 Å². The van der Waals surface area contributed by atoms with Crippen LogP contribution in [0.2, 0.25) is 0 Å². The number of nitrogens with zero attached hydrogens (tertiary/aromatic N) is 2. The average molecular weight is 414 g/mol. The fraction of sp³-hybridized carbons (Fsp3) is 0.391. The molecule has 0 aliphatic heterocycles. The van der Waals surface area contributed by atoms with E-state index < -0.39 is 10.2 Å². The molecule has 5 nitrogen and oxygen atoms in total. The number of hydrogen-bond donors (Lipinski definition) is 1. The van der Waals surface area contributed by atoms with Gasteiger partial charge in [0.2, 0.25) is 0 Å². The highest BCUT2D eigenvalue weighted by atomic mass is 32.2. The number of aromatic nitrogens is 1. The third-order valence-electron chi connectivity index (χ3n) is 5.04. The van der Waals surface area contributed by atoms with Crippen LogP contribution in [0.5, 0.6) is 0 Å². The molecule has 0 saturated carbocycles. The number of benzene rings is 2. The Labute approximate surface area is 174 Å². The van der Waals surface area contributed by atoms with Crippen molar-refractivity contribution in [3.63, 3.8) is 0 Å². The van der Waals surface area contributed by atoms with Crippen LogP contribution in [0.4, 0.5) is 0 Å². The van der Waals surface area contributed by atoms with Gasteiger partial charge in [-0.2, -0.15) is 12.7 Å². The van der Waals surface area contributed by atoms with Crippen LogP contribution in [0.25, 0.3) is 22.0 Å². The summed E-state index contributed by atoms with van der Waals surface area (Å²) in [5, 5.41) is 1.19. The molecule has 1 aromatic heterocycles. The third-order valence-corrected chi connectivity index (χ3v) is 6.57. The summed E-state index contributed by atoms with van der Waals surface area (Å²) in [6.07, 6.45) is 2.83. The number of hydrogen-bond acceptors (Lipinski definition) is 2. The molecule has 1 heterocycles. The molecule has 0 atom stereocenters. The lowest BCUT2D eigenvalue weighted by molar-refractivity contribution is 0.506. The van der Waals surface area contributed by atoms with Crippen LogP contribution < -0.4 is 4.72 Å². The molecule has 2 aromatic carbocycles. The first-order valence-corrected chi connectivity index (χ1v) is 11.5. The second kappa shape index (κ2) is 8.69. The van der Waals surface area contributed by atoms with Crippen molar-refractivity contribution in [2.24, 2.45) is 5.92 Å². The van der Waals surface area contributed by atoms with E-state index in [0.717, 1.165) is 12.1 Å². The van der Waals surface area contributed by atoms with Gasteiger partial charge < -0.3 is 4.57 Å². The Hall–Kier alpha value is -2.15. The minimum Gasteiger partial charge on any atom is -0.347 e. The Balaban J connectivity index is 1.95. The van der Waals surface area contributed by atoms with Crippen LogP contribution in [0, 0.1) is 12.8 Å². The van der Waals surface area contributed by atoms with E-state index >= 15 is 0 Å². The normalized spacial score (nSPS) is 12.4. The molecule has 0 unspecified atom stereocenters. The number of fused-ring (bicyclic) bond motifs is 1. The van der Waals surface area contributed by atoms with E-state index in [-0.39, 0.29) is 0 Å². The van der Waals surface area contributed by atoms with Crippen molar-refractivity contribution in [3.05, 3.63) is 59.8 Å². The van der Waals surface area contributed by atoms with Crippen molar-refractivity contribution in [1.82, 2.24) is 13.6 Å². The van der Waals surface area contributed by atoms with Gasteiger partial charge >= 0.3 is 0 Å². The summed E-state index contributed by atoms with van der Waals surface area (Å²) in [4.78, 5) is 0. The number of aryl methyl sites for hydroxylation is 1. The molecule has 0 spiro atoms. The Morgan fingerprint density at radius 2 is 1.79 bits per heavy atom. The second-order valence-electron chi connectivity index (χ2n) is 8.23. The van der Waals surface area contributed by atoms with E-state index in [1.807, 2.05) is 0 Å². The van der Waals surface area contributed by atoms with Crippen molar-refractivity contribution < 1.29 is 8.42 Å². The van der Waals surface area contributed by atoms with Gasteiger partial charge in [0, 0.05) is 44.3 Å². The Kier molecular flexibility index (Phi) is 6.46. The smallest absolute Gasteiger partial charge is 0.278 e. The summed E-state index contributed by atoms with van der Waals surface area (Å²) in [5.74, 6) is 0.522. The molecule has 0 amide bonds. The van der Waals surface area contributed by atoms with Gasteiger partial charge in [0.1, 0.15) is 0 Å². The van der Waals surface area contributed by atoms with E-state index in [1.165, 1.54) is 46.0 Å². The summed E-state index contributed by atoms with van der Waals surface area (Å²) in [5.41, 5.74) is 6.02. The Morgan fingerprint density at radius 3 is 2.45 bits per heavy atom. The minimum absolute atomic E-state index is 0.376. The zero-order valence-electron chi connectivity index (χ0n) is 17.9. The highest BCUT2D eigenvalue weighted by Crippen LogP contribution is 2.29. The van der Waals surface area contributed by atoms with Gasteiger partial charge in [0.05, 0.1) is 0 Å². The molecule has 0 bridgehead atoms. The van der Waals surface area contributed by atoms with Crippen molar-refractivity contribution in [2.75, 3.05) is 20.6 Å². The van der Waals surface area contributed by atoms with E-state index in [2.05, 4.69) is 78.7 Å². The maximum Gasteiger partial charge on any atom is 0.278 e. The highest BCUT2D eigenvalue weighted by molar-refractivity contribution is 7.87. The van der Waals surface area contributed by atoms with Crippen molar-refractivity contribution in [2.45, 2.75) is 33.7 Å². The quantitative estimate of drug-likeness (QED) is 0.601. The maximum absolute atomic E-state index is 12.0. The molecule has 156 valence electrons. The fourth-order valence-electron chi connectivity index (χ4n) is 3.56. The molecule has 6 heteroatoms. The molecular formula is C23H31N3O2S. The first-order chi connectivity index (χ1) is 13.7. The summed E-state index contributed by atoms with van der Waals surface area (Å²) >= 11 is 0. The lowest BCUT2D eigenvalue weighted by Gasteiger charge is -2.11. The molecule has 0 aliphatic rings. The molecule has 0 saturated heterocycles. The van der Waals surface area contributed by atoms with Crippen molar-refractivity contribution in [1.29, 1.82) is 0 Å². The summed E-state index contributed by atoms with van der Waals surface area (Å²) < 4.78 is 30.1. The Bertz CT molecular complexity index is 1100. The minimum atomic E-state index is -3.40. The molecule has 3 aromatic rings. The second-order valence-corrected chi connectivity index (χ2v) is 10.2. The number of rotatable bonds is 8. The van der Waals surface area contributed by atoms with Gasteiger partial charge in [-0.3, -0.25) is 0 Å². The molecule has 0 aliphatic carbocycles. The van der Waals surface area contributed by atoms with Crippen molar-refractivity contribution in [3.8, 4) is 11.1 Å². The lowest BCUT2D eigenvalue weighted by Crippen LogP contribution is -2.36. The molecule has 3 rings (SSSR count). The standard InChI is InChI=1S/C23H31N3O2S/c1-17(2)15-26-16-21(11-12-24-29(27,28)25(4)5)22-10-9-20(14-23(22)26)19-8-6-7-18(3)13-19/h6-10,13-14,16-17,24H,11-12,15H2,1-5H3. The van der Waals surface area contributed by atoms with Gasteiger partial charge in [0.15, 0.2) is 0 Å². The topological polar surface area (TPSA) is 54.3 Å². The van der Waals surface area contributed by atoms with Crippen LogP contribution in [-0.4, -0.2) is 37.9 Å². The third kappa shape index (κ3) is 5.07. The zero-order valence-corrected chi connectivity index (χ0v) is 18.8. The van der Waals surface area contributed by atoms with Gasteiger partial charge in [-0.15, -0.1) is 0 Å². The van der Waals surface area contributed by atoms with Crippen LogP contribution in [0.15, 0.2) is 48.7 Å². The SMILES string of the molecule is Cc1cccc(-c2ccc3c(CCNS(=O)(=O)N(C)C)cn(CC(C)C)c3c2)c1. The maximum atomic E-state index is 12.0. The largest absolute Gasteiger partial charge is 0.347 e. The number of nitrogens with one attached hydrogen (secondary N) is 1. The summed E-state index contributed by atoms with van der Waals surface area (Å²) in [7, 11) is -0.341. The van der Waals surface area contributed by atoms with Gasteiger partial charge in [0.25, 0.3) is 10.2 Å². The Morgan fingerprint density at radius 1 is 1.07 bits per heavy atom. The monoisotopic (exact) mass is 413 g/mol. The van der Waals surface area contributed by atoms with E-state index in [1.54, 1.807) is 0 Å². The van der Waals surface area contributed by atoms with Crippen LogP contribution in [-0.2, 0) is 23.2 Å². The van der Waals surface area contributed by atoms with Crippen LogP contribution in [0.1, 0.15) is 25.0 Å². The molecule has 29 heavy (non-hydrogen) atoms. The van der Waals surface area contributed by atoms with Crippen LogP contribution >= 0.6 is 0 Å². The van der Waals surface area contributed by atoms with Gasteiger partial charge in [-0.05, 0) is 42.0 Å². The zero-order chi connectivity index (χ0) is 21.2. The molecular weight excluding hydrogens is 382 g/mol. The van der Waals surface area contributed by atoms with E-state index in [4.69, 9.17) is 0 Å². The van der Waals surface area contributed by atoms with Crippen molar-refractivity contribution >= 4 is 21.1 Å². The molecule has 0 fully saturated rings. The van der Waals surface area contributed by atoms with Crippen LogP contribution in [0.3, 0.4) is 0 Å². The molecule has 0 radical (unpaired) electrons. The highest BCUT2D eigenvalue weighted by Gasteiger charge is 2.14. The molecule has 1 N–H and O–H groups in total.